The highest BCUT2D eigenvalue weighted by Gasteiger charge is 2.22. The van der Waals surface area contributed by atoms with Crippen LogP contribution in [0.5, 0.6) is 0 Å². The Hall–Kier alpha value is -1.04. The van der Waals surface area contributed by atoms with E-state index in [0.717, 1.165) is 36.8 Å². The second-order valence-corrected chi connectivity index (χ2v) is 7.65. The smallest absolute Gasteiger partial charge is 0.254 e. The number of ether oxygens (including phenoxy) is 1. The highest BCUT2D eigenvalue weighted by molar-refractivity contribution is 7.97. The lowest BCUT2D eigenvalue weighted by atomic mass is 10.1. The fourth-order valence-electron chi connectivity index (χ4n) is 2.82. The zero-order valence-corrected chi connectivity index (χ0v) is 15.7. The third-order valence-corrected chi connectivity index (χ3v) is 5.24. The predicted octanol–water partition coefficient (Wildman–Crippen LogP) is 3.59. The minimum Gasteiger partial charge on any atom is -0.379 e. The van der Waals surface area contributed by atoms with Crippen molar-refractivity contribution < 1.29 is 9.53 Å². The Morgan fingerprint density at radius 3 is 2.35 bits per heavy atom. The highest BCUT2D eigenvalue weighted by atomic mass is 32.2. The summed E-state index contributed by atoms with van der Waals surface area (Å²) in [7, 11) is 0. The van der Waals surface area contributed by atoms with Crippen LogP contribution in [0, 0.1) is 6.92 Å². The summed E-state index contributed by atoms with van der Waals surface area (Å²) >= 11 is 1.73. The maximum absolute atomic E-state index is 12.9. The summed E-state index contributed by atoms with van der Waals surface area (Å²) in [6, 6.07) is 6.42. The van der Waals surface area contributed by atoms with E-state index in [0.29, 0.717) is 0 Å². The number of hydrogen-bond donors (Lipinski definition) is 0. The molecule has 1 amide bonds. The molecule has 1 fully saturated rings. The maximum Gasteiger partial charge on any atom is 0.254 e. The molecule has 1 aliphatic rings. The van der Waals surface area contributed by atoms with Gasteiger partial charge in [0, 0.05) is 35.6 Å². The molecule has 0 spiro atoms. The first kappa shape index (κ1) is 18.3. The van der Waals surface area contributed by atoms with Gasteiger partial charge in [0.15, 0.2) is 0 Å². The van der Waals surface area contributed by atoms with Crippen LogP contribution in [0.3, 0.4) is 0 Å². The van der Waals surface area contributed by atoms with Crippen LogP contribution in [-0.4, -0.2) is 53.5 Å². The molecule has 2 rings (SSSR count). The molecular formula is C18H28N2O2S. The molecule has 0 atom stereocenters. The summed E-state index contributed by atoms with van der Waals surface area (Å²) in [6.45, 7) is 13.8. The predicted molar refractivity (Wildman–Crippen MR) is 95.9 cm³/mol. The first-order valence-electron chi connectivity index (χ1n) is 8.34. The Bertz CT molecular complexity index is 532. The van der Waals surface area contributed by atoms with Crippen LogP contribution >= 0.6 is 11.9 Å². The first-order valence-corrected chi connectivity index (χ1v) is 9.11. The van der Waals surface area contributed by atoms with Gasteiger partial charge in [-0.15, -0.1) is 0 Å². The van der Waals surface area contributed by atoms with E-state index in [-0.39, 0.29) is 18.0 Å². The van der Waals surface area contributed by atoms with Crippen molar-refractivity contribution in [2.45, 2.75) is 51.6 Å². The molecule has 5 heteroatoms. The summed E-state index contributed by atoms with van der Waals surface area (Å²) in [5.41, 5.74) is 1.98. The standard InChI is InChI=1S/C18H28N2O2S/c1-13(2)20(14(3)4)18(21)16-7-6-15(5)17(12-16)23-19-8-10-22-11-9-19/h6-7,12-14H,8-11H2,1-5H3. The van der Waals surface area contributed by atoms with Gasteiger partial charge in [0.1, 0.15) is 0 Å². The SMILES string of the molecule is Cc1ccc(C(=O)N(C(C)C)C(C)C)cc1SN1CCOCC1. The number of nitrogens with zero attached hydrogens (tertiary/aromatic N) is 2. The van der Waals surface area contributed by atoms with Gasteiger partial charge in [-0.1, -0.05) is 6.07 Å². The van der Waals surface area contributed by atoms with Crippen LogP contribution in [0.25, 0.3) is 0 Å². The minimum atomic E-state index is 0.110. The van der Waals surface area contributed by atoms with Crippen molar-refractivity contribution in [1.29, 1.82) is 0 Å². The van der Waals surface area contributed by atoms with Gasteiger partial charge < -0.3 is 9.64 Å². The second-order valence-electron chi connectivity index (χ2n) is 6.51. The van der Waals surface area contributed by atoms with E-state index in [9.17, 15) is 4.79 Å². The number of benzene rings is 1. The Labute approximate surface area is 144 Å². The van der Waals surface area contributed by atoms with Crippen molar-refractivity contribution in [3.8, 4) is 0 Å². The zero-order chi connectivity index (χ0) is 17.0. The summed E-state index contributed by atoms with van der Waals surface area (Å²) in [5, 5.41) is 0. The van der Waals surface area contributed by atoms with E-state index in [1.54, 1.807) is 11.9 Å². The monoisotopic (exact) mass is 336 g/mol. The van der Waals surface area contributed by atoms with E-state index in [1.807, 2.05) is 17.0 Å². The van der Waals surface area contributed by atoms with Gasteiger partial charge >= 0.3 is 0 Å². The summed E-state index contributed by atoms with van der Waals surface area (Å²) in [6.07, 6.45) is 0. The summed E-state index contributed by atoms with van der Waals surface area (Å²) < 4.78 is 7.71. The molecule has 4 nitrogen and oxygen atoms in total. The molecule has 1 aliphatic heterocycles. The molecule has 128 valence electrons. The molecule has 0 radical (unpaired) electrons. The molecule has 0 N–H and O–H groups in total. The normalized spacial score (nSPS) is 16.1. The molecule has 0 bridgehead atoms. The van der Waals surface area contributed by atoms with Crippen LogP contribution in [0.15, 0.2) is 23.1 Å². The van der Waals surface area contributed by atoms with E-state index in [2.05, 4.69) is 45.0 Å². The molecular weight excluding hydrogens is 308 g/mol. The second kappa shape index (κ2) is 8.18. The quantitative estimate of drug-likeness (QED) is 0.769. The lowest BCUT2D eigenvalue weighted by Gasteiger charge is -2.31. The van der Waals surface area contributed by atoms with Gasteiger partial charge in [0.25, 0.3) is 5.91 Å². The van der Waals surface area contributed by atoms with E-state index < -0.39 is 0 Å². The van der Waals surface area contributed by atoms with Gasteiger partial charge in [-0.2, -0.15) is 0 Å². The fraction of sp³-hybridized carbons (Fsp3) is 0.611. The molecule has 0 aromatic heterocycles. The van der Waals surface area contributed by atoms with Crippen molar-refractivity contribution in [2.24, 2.45) is 0 Å². The average molecular weight is 337 g/mol. The van der Waals surface area contributed by atoms with Crippen LogP contribution < -0.4 is 0 Å². The zero-order valence-electron chi connectivity index (χ0n) is 14.8. The van der Waals surface area contributed by atoms with Crippen LogP contribution in [0.2, 0.25) is 0 Å². The van der Waals surface area contributed by atoms with Crippen molar-refractivity contribution in [3.63, 3.8) is 0 Å². The average Bonchev–Trinajstić information content (AvgIpc) is 2.49. The van der Waals surface area contributed by atoms with E-state index in [1.165, 1.54) is 5.56 Å². The number of rotatable bonds is 5. The number of carbonyl (C=O) groups is 1. The third kappa shape index (κ3) is 4.72. The van der Waals surface area contributed by atoms with Crippen LogP contribution in [0.1, 0.15) is 43.6 Å². The fourth-order valence-corrected chi connectivity index (χ4v) is 3.82. The molecule has 0 unspecified atom stereocenters. The van der Waals surface area contributed by atoms with Gasteiger partial charge in [0.05, 0.1) is 13.2 Å². The Balaban J connectivity index is 2.19. The lowest BCUT2D eigenvalue weighted by molar-refractivity contribution is 0.0643. The van der Waals surface area contributed by atoms with Gasteiger partial charge in [-0.05, 0) is 64.3 Å². The molecule has 1 saturated heterocycles. The van der Waals surface area contributed by atoms with Crippen molar-refractivity contribution >= 4 is 17.9 Å². The Kier molecular flexibility index (Phi) is 6.50. The Morgan fingerprint density at radius 1 is 1.17 bits per heavy atom. The van der Waals surface area contributed by atoms with Gasteiger partial charge in [-0.3, -0.25) is 4.79 Å². The van der Waals surface area contributed by atoms with Crippen molar-refractivity contribution in [3.05, 3.63) is 29.3 Å². The van der Waals surface area contributed by atoms with Crippen molar-refractivity contribution in [1.82, 2.24) is 9.21 Å². The summed E-state index contributed by atoms with van der Waals surface area (Å²) in [4.78, 5) is 16.0. The molecule has 0 aliphatic carbocycles. The number of amides is 1. The largest absolute Gasteiger partial charge is 0.379 e. The van der Waals surface area contributed by atoms with Gasteiger partial charge in [-0.25, -0.2) is 4.31 Å². The molecule has 1 aromatic carbocycles. The number of hydrogen-bond acceptors (Lipinski definition) is 4. The topological polar surface area (TPSA) is 32.8 Å². The van der Waals surface area contributed by atoms with E-state index >= 15 is 0 Å². The molecule has 0 saturated carbocycles. The summed E-state index contributed by atoms with van der Waals surface area (Å²) in [5.74, 6) is 0.110. The molecule has 23 heavy (non-hydrogen) atoms. The number of aryl methyl sites for hydroxylation is 1. The number of morpholine rings is 1. The molecule has 1 aromatic rings. The molecule has 1 heterocycles. The first-order chi connectivity index (χ1) is 10.9. The third-order valence-electron chi connectivity index (χ3n) is 3.98. The minimum absolute atomic E-state index is 0.110. The van der Waals surface area contributed by atoms with Gasteiger partial charge in [0.2, 0.25) is 0 Å². The Morgan fingerprint density at radius 2 is 1.78 bits per heavy atom. The van der Waals surface area contributed by atoms with Crippen LogP contribution in [0.4, 0.5) is 0 Å². The lowest BCUT2D eigenvalue weighted by Crippen LogP contribution is -2.42. The van der Waals surface area contributed by atoms with Crippen molar-refractivity contribution in [2.75, 3.05) is 26.3 Å². The highest BCUT2D eigenvalue weighted by Crippen LogP contribution is 2.28. The number of carbonyl (C=O) groups excluding carboxylic acids is 1. The maximum atomic E-state index is 12.9. The van der Waals surface area contributed by atoms with E-state index in [4.69, 9.17) is 4.74 Å². The van der Waals surface area contributed by atoms with Crippen LogP contribution in [-0.2, 0) is 4.74 Å².